The second-order valence-electron chi connectivity index (χ2n) is 6.97. The minimum atomic E-state index is -4.38. The number of carboxylic acids is 2. The van der Waals surface area contributed by atoms with Crippen LogP contribution in [0, 0.1) is 0 Å². The van der Waals surface area contributed by atoms with E-state index >= 15 is 0 Å². The normalized spacial score (nSPS) is 12.8. The van der Waals surface area contributed by atoms with E-state index in [0.29, 0.717) is 11.1 Å². The number of hydrogen-bond donors (Lipinski definition) is 3. The number of carbonyl (C=O) groups excluding carboxylic acids is 2. The predicted molar refractivity (Wildman–Crippen MR) is 109 cm³/mol. The van der Waals surface area contributed by atoms with Crippen LogP contribution in [0.25, 0.3) is 11.1 Å². The van der Waals surface area contributed by atoms with Crippen molar-refractivity contribution in [3.63, 3.8) is 0 Å². The summed E-state index contributed by atoms with van der Waals surface area (Å²) in [4.78, 5) is 48.6. The van der Waals surface area contributed by atoms with Crippen LogP contribution in [0.15, 0.2) is 59.5 Å². The number of carboxylic acid groups (broad SMARTS) is 2. The van der Waals surface area contributed by atoms with Crippen LogP contribution >= 0.6 is 0 Å². The van der Waals surface area contributed by atoms with E-state index < -0.39 is 44.8 Å². The second-order valence-corrected chi connectivity index (χ2v) is 8.39. The summed E-state index contributed by atoms with van der Waals surface area (Å²) in [7, 11) is -4.38. The first-order valence-corrected chi connectivity index (χ1v) is 10.4. The smallest absolute Gasteiger partial charge is 0.336 e. The molecule has 3 N–H and O–H groups in total. The average Bonchev–Trinajstić information content (AvgIpc) is 2.75. The van der Waals surface area contributed by atoms with Gasteiger partial charge in [0.2, 0.25) is 0 Å². The second kappa shape index (κ2) is 7.22. The van der Waals surface area contributed by atoms with Crippen molar-refractivity contribution in [3.05, 3.63) is 88.0 Å². The molecule has 3 aromatic rings. The summed E-state index contributed by atoms with van der Waals surface area (Å²) in [6.45, 7) is 0. The number of hydrogen-bond acceptors (Lipinski definition) is 6. The van der Waals surface area contributed by atoms with Gasteiger partial charge in [0.05, 0.1) is 16.0 Å². The molecule has 1 aliphatic rings. The van der Waals surface area contributed by atoms with Crippen LogP contribution in [-0.4, -0.2) is 46.7 Å². The largest absolute Gasteiger partial charge is 0.478 e. The zero-order chi connectivity index (χ0) is 23.4. The molecule has 0 spiro atoms. The lowest BCUT2D eigenvalue weighted by molar-refractivity contribution is 0.0651. The van der Waals surface area contributed by atoms with Crippen LogP contribution in [0.4, 0.5) is 0 Å². The number of carbonyl (C=O) groups is 4. The lowest BCUT2D eigenvalue weighted by Crippen LogP contribution is -2.23. The molecule has 0 unspecified atom stereocenters. The van der Waals surface area contributed by atoms with Crippen molar-refractivity contribution in [2.45, 2.75) is 4.90 Å². The third kappa shape index (κ3) is 3.37. The molecule has 10 heteroatoms. The summed E-state index contributed by atoms with van der Waals surface area (Å²) in [6.07, 6.45) is 0. The molecule has 0 heterocycles. The summed E-state index contributed by atoms with van der Waals surface area (Å²) in [5, 5.41) is 18.6. The fraction of sp³-hybridized carbons (Fsp3) is 0. The highest BCUT2D eigenvalue weighted by Crippen LogP contribution is 2.33. The van der Waals surface area contributed by atoms with E-state index in [1.807, 2.05) is 0 Å². The molecule has 0 saturated heterocycles. The Hall–Kier alpha value is -4.15. The van der Waals surface area contributed by atoms with E-state index in [0.717, 1.165) is 12.1 Å². The highest BCUT2D eigenvalue weighted by molar-refractivity contribution is 7.85. The predicted octanol–water partition coefficient (Wildman–Crippen LogP) is 2.77. The van der Waals surface area contributed by atoms with E-state index in [-0.39, 0.29) is 27.1 Å². The molecule has 9 nitrogen and oxygen atoms in total. The average molecular weight is 452 g/mol. The Morgan fingerprint density at radius 3 is 1.53 bits per heavy atom. The summed E-state index contributed by atoms with van der Waals surface area (Å²) in [5.41, 5.74) is -0.638. The lowest BCUT2D eigenvalue weighted by Gasteiger charge is -2.19. The van der Waals surface area contributed by atoms with Crippen LogP contribution in [0.5, 0.6) is 0 Å². The van der Waals surface area contributed by atoms with Crippen LogP contribution in [-0.2, 0) is 10.1 Å². The van der Waals surface area contributed by atoms with Gasteiger partial charge in [0.25, 0.3) is 10.1 Å². The zero-order valence-corrected chi connectivity index (χ0v) is 16.7. The maximum Gasteiger partial charge on any atom is 0.336 e. The van der Waals surface area contributed by atoms with Crippen LogP contribution in [0.1, 0.15) is 52.6 Å². The third-order valence-corrected chi connectivity index (χ3v) is 5.97. The van der Waals surface area contributed by atoms with Crippen molar-refractivity contribution in [3.8, 4) is 11.1 Å². The molecule has 0 atom stereocenters. The van der Waals surface area contributed by atoms with Gasteiger partial charge >= 0.3 is 11.9 Å². The van der Waals surface area contributed by atoms with Crippen molar-refractivity contribution in [1.82, 2.24) is 0 Å². The third-order valence-electron chi connectivity index (χ3n) is 5.10. The topological polar surface area (TPSA) is 163 Å². The van der Waals surface area contributed by atoms with Gasteiger partial charge in [0, 0.05) is 22.3 Å². The van der Waals surface area contributed by atoms with Gasteiger partial charge in [-0.3, -0.25) is 14.1 Å². The Morgan fingerprint density at radius 1 is 0.625 bits per heavy atom. The molecule has 32 heavy (non-hydrogen) atoms. The van der Waals surface area contributed by atoms with Gasteiger partial charge in [0.15, 0.2) is 11.6 Å². The van der Waals surface area contributed by atoms with E-state index in [1.165, 1.54) is 42.5 Å². The maximum absolute atomic E-state index is 13.1. The Bertz CT molecular complexity index is 1470. The molecule has 0 radical (unpaired) electrons. The van der Waals surface area contributed by atoms with Crippen molar-refractivity contribution >= 4 is 33.6 Å². The van der Waals surface area contributed by atoms with Crippen LogP contribution in [0.2, 0.25) is 0 Å². The van der Waals surface area contributed by atoms with Gasteiger partial charge in [-0.2, -0.15) is 8.42 Å². The fourth-order valence-electron chi connectivity index (χ4n) is 3.55. The minimum absolute atomic E-state index is 0.00160. The SMILES string of the molecule is O=C(O)c1cc2c(cc1C(=O)O)C(=O)c1cc(-c3ccc(S(=O)(=O)O)cc3)ccc1C2=O. The molecule has 160 valence electrons. The van der Waals surface area contributed by atoms with Gasteiger partial charge < -0.3 is 10.2 Å². The fourth-order valence-corrected chi connectivity index (χ4v) is 4.03. The zero-order valence-electron chi connectivity index (χ0n) is 15.9. The first kappa shape index (κ1) is 21.1. The van der Waals surface area contributed by atoms with Crippen molar-refractivity contribution in [2.24, 2.45) is 0 Å². The number of ketones is 2. The molecule has 1 aliphatic carbocycles. The monoisotopic (exact) mass is 452 g/mol. The van der Waals surface area contributed by atoms with E-state index in [1.54, 1.807) is 0 Å². The summed E-state index contributed by atoms with van der Waals surface area (Å²) in [6, 6.07) is 11.3. The molecule has 0 amide bonds. The highest BCUT2D eigenvalue weighted by Gasteiger charge is 2.33. The molecule has 0 fully saturated rings. The number of rotatable bonds is 4. The van der Waals surface area contributed by atoms with Crippen molar-refractivity contribution in [1.29, 1.82) is 0 Å². The molecule has 0 aliphatic heterocycles. The van der Waals surface area contributed by atoms with Gasteiger partial charge in [-0.25, -0.2) is 9.59 Å². The summed E-state index contributed by atoms with van der Waals surface area (Å²) >= 11 is 0. The van der Waals surface area contributed by atoms with Gasteiger partial charge in [-0.15, -0.1) is 0 Å². The molecular weight excluding hydrogens is 440 g/mol. The van der Waals surface area contributed by atoms with Gasteiger partial charge in [-0.1, -0.05) is 18.2 Å². The maximum atomic E-state index is 13.1. The van der Waals surface area contributed by atoms with E-state index in [2.05, 4.69) is 0 Å². The molecule has 4 rings (SSSR count). The van der Waals surface area contributed by atoms with Gasteiger partial charge in [-0.05, 0) is 47.5 Å². The van der Waals surface area contributed by atoms with E-state index in [9.17, 15) is 37.8 Å². The van der Waals surface area contributed by atoms with E-state index in [4.69, 9.17) is 4.55 Å². The number of fused-ring (bicyclic) bond motifs is 2. The van der Waals surface area contributed by atoms with Crippen LogP contribution < -0.4 is 0 Å². The Kier molecular flexibility index (Phi) is 4.76. The Morgan fingerprint density at radius 2 is 1.06 bits per heavy atom. The van der Waals surface area contributed by atoms with Crippen LogP contribution in [0.3, 0.4) is 0 Å². The first-order valence-electron chi connectivity index (χ1n) is 8.95. The summed E-state index contributed by atoms with van der Waals surface area (Å²) < 4.78 is 31.5. The Balaban J connectivity index is 1.84. The quantitative estimate of drug-likeness (QED) is 0.395. The number of benzene rings is 3. The molecular formula is C22H12O9S. The molecule has 0 aromatic heterocycles. The lowest BCUT2D eigenvalue weighted by atomic mass is 9.81. The molecule has 0 bridgehead atoms. The van der Waals surface area contributed by atoms with Crippen molar-refractivity contribution in [2.75, 3.05) is 0 Å². The highest BCUT2D eigenvalue weighted by atomic mass is 32.2. The molecule has 3 aromatic carbocycles. The van der Waals surface area contributed by atoms with Gasteiger partial charge in [0.1, 0.15) is 0 Å². The minimum Gasteiger partial charge on any atom is -0.478 e. The number of aromatic carboxylic acids is 2. The standard InChI is InChI=1S/C22H12O9S/c23-19-13-6-3-11(10-1-4-12(5-2-10)32(29,30)31)7-14(13)20(24)16-9-18(22(27)28)17(21(25)26)8-15(16)19/h1-9H,(H,25,26)(H,27,28)(H,29,30,31). The Labute approximate surface area is 180 Å². The summed E-state index contributed by atoms with van der Waals surface area (Å²) in [5.74, 6) is -4.36. The molecule has 0 saturated carbocycles. The first-order chi connectivity index (χ1) is 15.0. The van der Waals surface area contributed by atoms with Crippen molar-refractivity contribution < 1.29 is 42.4 Å².